The molecule has 7 nitrogen and oxygen atoms in total. The molecule has 10 heteroatoms. The zero-order valence-corrected chi connectivity index (χ0v) is 21.6. The average Bonchev–Trinajstić information content (AvgIpc) is 3.24. The molecule has 184 valence electrons. The maximum absolute atomic E-state index is 14.2. The van der Waals surface area contributed by atoms with Crippen molar-refractivity contribution in [2.75, 3.05) is 45.2 Å². The van der Waals surface area contributed by atoms with Crippen molar-refractivity contribution in [2.24, 2.45) is 0 Å². The first-order valence-electron chi connectivity index (χ1n) is 11.3. The van der Waals surface area contributed by atoms with E-state index in [-0.39, 0.29) is 16.3 Å². The second-order valence-electron chi connectivity index (χ2n) is 8.27. The average molecular weight is 507 g/mol. The van der Waals surface area contributed by atoms with Crippen LogP contribution in [0.5, 0.6) is 0 Å². The van der Waals surface area contributed by atoms with Gasteiger partial charge in [0.2, 0.25) is 10.0 Å². The number of hydrogen-bond acceptors (Lipinski definition) is 6. The summed E-state index contributed by atoms with van der Waals surface area (Å²) in [5.74, 6) is -0.748. The molecule has 34 heavy (non-hydrogen) atoms. The van der Waals surface area contributed by atoms with Gasteiger partial charge >= 0.3 is 0 Å². The molecule has 1 amide bonds. The smallest absolute Gasteiger partial charge is 0.260 e. The van der Waals surface area contributed by atoms with Gasteiger partial charge in [0.05, 0.1) is 9.60 Å². The van der Waals surface area contributed by atoms with Crippen LogP contribution in [-0.2, 0) is 10.0 Å². The first-order valence-corrected chi connectivity index (χ1v) is 13.6. The summed E-state index contributed by atoms with van der Waals surface area (Å²) in [5, 5.41) is 0.403. The fourth-order valence-electron chi connectivity index (χ4n) is 3.53. The molecule has 0 aliphatic carbocycles. The van der Waals surface area contributed by atoms with Crippen molar-refractivity contribution in [1.82, 2.24) is 14.2 Å². The number of sulfonamides is 1. The number of anilines is 1. The Morgan fingerprint density at radius 2 is 1.62 bits per heavy atom. The van der Waals surface area contributed by atoms with Gasteiger partial charge in [-0.1, -0.05) is 31.3 Å². The van der Waals surface area contributed by atoms with Crippen molar-refractivity contribution < 1.29 is 17.6 Å². The Balaban J connectivity index is 1.92. The van der Waals surface area contributed by atoms with Gasteiger partial charge in [0.25, 0.3) is 5.91 Å². The molecule has 0 aliphatic rings. The van der Waals surface area contributed by atoms with Gasteiger partial charge in [-0.05, 0) is 63.3 Å². The van der Waals surface area contributed by atoms with Crippen LogP contribution in [-0.4, -0.2) is 68.8 Å². The lowest BCUT2D eigenvalue weighted by Gasteiger charge is -2.23. The van der Waals surface area contributed by atoms with Gasteiger partial charge in [-0.15, -0.1) is 0 Å². The van der Waals surface area contributed by atoms with Crippen LogP contribution < -0.4 is 4.90 Å². The second-order valence-corrected chi connectivity index (χ2v) is 11.2. The fraction of sp³-hybridized carbons (Fsp3) is 0.417. The number of fused-ring (bicyclic) bond motifs is 1. The molecule has 0 N–H and O–H groups in total. The van der Waals surface area contributed by atoms with Crippen LogP contribution in [0.25, 0.3) is 10.2 Å². The number of hydrogen-bond donors (Lipinski definition) is 0. The predicted molar refractivity (Wildman–Crippen MR) is 136 cm³/mol. The highest BCUT2D eigenvalue weighted by molar-refractivity contribution is 7.89. The highest BCUT2D eigenvalue weighted by Gasteiger charge is 2.25. The number of likely N-dealkylation sites (N-methyl/N-ethyl adjacent to an activating group) is 1. The Labute approximate surface area is 204 Å². The molecule has 0 atom stereocenters. The van der Waals surface area contributed by atoms with Gasteiger partial charge in [0, 0.05) is 31.7 Å². The number of aromatic nitrogens is 1. The SMILES string of the molecule is CCCN(CCC)S(=O)(=O)c1ccc(C(=O)N(CCN(C)C)c2nc3c(F)cccc3s2)cc1. The first kappa shape index (κ1) is 26.2. The standard InChI is InChI=1S/C24H31FN4O3S2/c1-5-14-28(15-6-2)34(31,32)19-12-10-18(11-13-19)23(30)29(17-16-27(3)4)24-26-22-20(25)8-7-9-21(22)33-24/h7-13H,5-6,14-17H2,1-4H3. The minimum absolute atomic E-state index is 0.160. The Kier molecular flexibility index (Phi) is 8.75. The third-order valence-electron chi connectivity index (χ3n) is 5.29. The van der Waals surface area contributed by atoms with E-state index in [2.05, 4.69) is 4.98 Å². The number of rotatable bonds is 11. The Hall–Kier alpha value is -2.40. The maximum Gasteiger partial charge on any atom is 0.260 e. The van der Waals surface area contributed by atoms with E-state index in [4.69, 9.17) is 0 Å². The number of para-hydroxylation sites is 1. The zero-order chi connectivity index (χ0) is 24.9. The molecular formula is C24H31FN4O3S2. The molecule has 0 radical (unpaired) electrons. The first-order chi connectivity index (χ1) is 16.2. The molecule has 3 rings (SSSR count). The van der Waals surface area contributed by atoms with E-state index < -0.39 is 15.8 Å². The number of halogens is 1. The van der Waals surface area contributed by atoms with E-state index in [1.165, 1.54) is 50.9 Å². The third kappa shape index (κ3) is 5.80. The van der Waals surface area contributed by atoms with E-state index in [9.17, 15) is 17.6 Å². The summed E-state index contributed by atoms with van der Waals surface area (Å²) >= 11 is 1.25. The van der Waals surface area contributed by atoms with Gasteiger partial charge in [-0.2, -0.15) is 4.31 Å². The summed E-state index contributed by atoms with van der Waals surface area (Å²) in [5.41, 5.74) is 0.577. The number of benzene rings is 2. The van der Waals surface area contributed by atoms with Crippen molar-refractivity contribution >= 4 is 42.6 Å². The van der Waals surface area contributed by atoms with Crippen LogP contribution in [0, 0.1) is 5.82 Å². The molecule has 3 aromatic rings. The van der Waals surface area contributed by atoms with Crippen LogP contribution in [0.4, 0.5) is 9.52 Å². The summed E-state index contributed by atoms with van der Waals surface area (Å²) in [7, 11) is 0.169. The lowest BCUT2D eigenvalue weighted by atomic mass is 10.2. The normalized spacial score (nSPS) is 12.1. The van der Waals surface area contributed by atoms with Gasteiger partial charge in [0.15, 0.2) is 5.13 Å². The van der Waals surface area contributed by atoms with Crippen LogP contribution >= 0.6 is 11.3 Å². The topological polar surface area (TPSA) is 73.8 Å². The third-order valence-corrected chi connectivity index (χ3v) is 8.25. The molecule has 0 bridgehead atoms. The van der Waals surface area contributed by atoms with Gasteiger partial charge in [0.1, 0.15) is 11.3 Å². The predicted octanol–water partition coefficient (Wildman–Crippen LogP) is 4.45. The minimum Gasteiger partial charge on any atom is -0.308 e. The summed E-state index contributed by atoms with van der Waals surface area (Å²) in [6.45, 7) is 5.71. The van der Waals surface area contributed by atoms with Crippen molar-refractivity contribution in [3.63, 3.8) is 0 Å². The van der Waals surface area contributed by atoms with Crippen LogP contribution in [0.15, 0.2) is 47.4 Å². The molecule has 0 fully saturated rings. The molecule has 0 unspecified atom stereocenters. The molecule has 1 aromatic heterocycles. The Bertz CT molecular complexity index is 1220. The number of carbonyl (C=O) groups is 1. The lowest BCUT2D eigenvalue weighted by Crippen LogP contribution is -2.36. The maximum atomic E-state index is 14.2. The highest BCUT2D eigenvalue weighted by atomic mass is 32.2. The summed E-state index contributed by atoms with van der Waals surface area (Å²) in [6, 6.07) is 10.7. The highest BCUT2D eigenvalue weighted by Crippen LogP contribution is 2.31. The van der Waals surface area contributed by atoms with E-state index in [0.717, 1.165) is 12.8 Å². The fourth-order valence-corrected chi connectivity index (χ4v) is 6.16. The van der Waals surface area contributed by atoms with Crippen molar-refractivity contribution in [3.05, 3.63) is 53.8 Å². The summed E-state index contributed by atoms with van der Waals surface area (Å²) < 4.78 is 42.4. The minimum atomic E-state index is -3.63. The van der Waals surface area contributed by atoms with E-state index >= 15 is 0 Å². The molecule has 0 saturated heterocycles. The molecular weight excluding hydrogens is 475 g/mol. The van der Waals surface area contributed by atoms with Gasteiger partial charge in [-0.25, -0.2) is 17.8 Å². The zero-order valence-electron chi connectivity index (χ0n) is 20.0. The monoisotopic (exact) mass is 506 g/mol. The second kappa shape index (κ2) is 11.4. The molecule has 0 aliphatic heterocycles. The summed E-state index contributed by atoms with van der Waals surface area (Å²) in [6.07, 6.45) is 1.44. The molecule has 2 aromatic carbocycles. The molecule has 0 spiro atoms. The quantitative estimate of drug-likeness (QED) is 0.384. The Morgan fingerprint density at radius 3 is 2.18 bits per heavy atom. The van der Waals surface area contributed by atoms with E-state index in [1.807, 2.05) is 32.8 Å². The summed E-state index contributed by atoms with van der Waals surface area (Å²) in [4.78, 5) is 21.5. The van der Waals surface area contributed by atoms with Crippen molar-refractivity contribution in [1.29, 1.82) is 0 Å². The molecule has 1 heterocycles. The van der Waals surface area contributed by atoms with Crippen LogP contribution in [0.1, 0.15) is 37.0 Å². The van der Waals surface area contributed by atoms with Crippen LogP contribution in [0.3, 0.4) is 0 Å². The lowest BCUT2D eigenvalue weighted by molar-refractivity contribution is 0.0985. The van der Waals surface area contributed by atoms with Gasteiger partial charge < -0.3 is 4.90 Å². The van der Waals surface area contributed by atoms with Crippen LogP contribution in [0.2, 0.25) is 0 Å². The Morgan fingerprint density at radius 1 is 0.971 bits per heavy atom. The number of amides is 1. The number of nitrogens with zero attached hydrogens (tertiary/aromatic N) is 4. The van der Waals surface area contributed by atoms with Gasteiger partial charge in [-0.3, -0.25) is 9.69 Å². The van der Waals surface area contributed by atoms with E-state index in [0.29, 0.717) is 41.6 Å². The van der Waals surface area contributed by atoms with Crippen molar-refractivity contribution in [3.8, 4) is 0 Å². The number of thiazole rings is 1. The number of carbonyl (C=O) groups excluding carboxylic acids is 1. The largest absolute Gasteiger partial charge is 0.308 e. The molecule has 0 saturated carbocycles. The van der Waals surface area contributed by atoms with E-state index in [1.54, 1.807) is 12.1 Å². The van der Waals surface area contributed by atoms with Crippen molar-refractivity contribution in [2.45, 2.75) is 31.6 Å².